The Kier molecular flexibility index (Phi) is 7.14. The summed E-state index contributed by atoms with van der Waals surface area (Å²) < 4.78 is 12.6. The number of benzene rings is 4. The molecule has 186 valence electrons. The topological polar surface area (TPSA) is 67.9 Å². The third-order valence-electron chi connectivity index (χ3n) is 6.15. The van der Waals surface area contributed by atoms with Crippen LogP contribution in [0.4, 0.5) is 4.79 Å². The molecular weight excluding hydrogens is 579 g/mol. The summed E-state index contributed by atoms with van der Waals surface area (Å²) >= 11 is 2.19. The molecule has 1 fully saturated rings. The summed E-state index contributed by atoms with van der Waals surface area (Å²) in [4.78, 5) is 26.7. The number of hydrogen-bond donors (Lipinski definition) is 1. The van der Waals surface area contributed by atoms with Crippen LogP contribution in [0.3, 0.4) is 0 Å². The molecule has 4 aromatic rings. The van der Waals surface area contributed by atoms with E-state index in [-0.39, 0.29) is 18.1 Å². The summed E-state index contributed by atoms with van der Waals surface area (Å²) in [5.41, 5.74) is 3.97. The number of nitrogens with one attached hydrogen (secondary N) is 1. The fourth-order valence-corrected chi connectivity index (χ4v) is 5.10. The number of aryl methyl sites for hydroxylation is 1. The van der Waals surface area contributed by atoms with Gasteiger partial charge in [0.25, 0.3) is 5.91 Å². The molecule has 0 radical (unpaired) electrons. The molecule has 0 unspecified atom stereocenters. The average molecular weight is 604 g/mol. The number of halogens is 1. The molecule has 5 rings (SSSR count). The van der Waals surface area contributed by atoms with E-state index in [1.54, 1.807) is 19.3 Å². The van der Waals surface area contributed by atoms with Gasteiger partial charge in [-0.25, -0.2) is 4.79 Å². The SMILES string of the molecule is COc1cc(/C=C2/NC(=O)N(Cc3cccc(C)c3)C2=O)cc(I)c1OCc1ccc2ccccc2c1. The number of hydrogen-bond acceptors (Lipinski definition) is 4. The van der Waals surface area contributed by atoms with Crippen LogP contribution in [0.15, 0.2) is 84.6 Å². The number of carbonyl (C=O) groups is 2. The van der Waals surface area contributed by atoms with Crippen molar-refractivity contribution in [3.05, 3.63) is 110 Å². The molecule has 1 saturated heterocycles. The molecule has 37 heavy (non-hydrogen) atoms. The van der Waals surface area contributed by atoms with Crippen LogP contribution in [0.5, 0.6) is 11.5 Å². The summed E-state index contributed by atoms with van der Waals surface area (Å²) in [6.07, 6.45) is 1.66. The lowest BCUT2D eigenvalue weighted by Crippen LogP contribution is -2.30. The summed E-state index contributed by atoms with van der Waals surface area (Å²) in [7, 11) is 1.58. The molecule has 4 aromatic carbocycles. The number of fused-ring (bicyclic) bond motifs is 1. The van der Waals surface area contributed by atoms with E-state index in [4.69, 9.17) is 9.47 Å². The Labute approximate surface area is 229 Å². The Hall–Kier alpha value is -3.85. The van der Waals surface area contributed by atoms with E-state index in [1.165, 1.54) is 10.3 Å². The van der Waals surface area contributed by atoms with Gasteiger partial charge in [0, 0.05) is 0 Å². The number of nitrogens with zero attached hydrogens (tertiary/aromatic N) is 1. The maximum absolute atomic E-state index is 13.0. The molecule has 0 saturated carbocycles. The van der Waals surface area contributed by atoms with Gasteiger partial charge in [-0.1, -0.05) is 66.2 Å². The van der Waals surface area contributed by atoms with Gasteiger partial charge < -0.3 is 14.8 Å². The van der Waals surface area contributed by atoms with Crippen LogP contribution in [0.1, 0.15) is 22.3 Å². The van der Waals surface area contributed by atoms with E-state index in [1.807, 2.05) is 49.4 Å². The van der Waals surface area contributed by atoms with Gasteiger partial charge in [-0.3, -0.25) is 9.69 Å². The lowest BCUT2D eigenvalue weighted by atomic mass is 10.1. The van der Waals surface area contributed by atoms with Crippen molar-refractivity contribution in [2.24, 2.45) is 0 Å². The number of urea groups is 1. The fourth-order valence-electron chi connectivity index (χ4n) is 4.32. The molecule has 7 heteroatoms. The van der Waals surface area contributed by atoms with Crippen molar-refractivity contribution in [3.8, 4) is 11.5 Å². The highest BCUT2D eigenvalue weighted by molar-refractivity contribution is 14.1. The lowest BCUT2D eigenvalue weighted by molar-refractivity contribution is -0.123. The van der Waals surface area contributed by atoms with Gasteiger partial charge in [-0.15, -0.1) is 0 Å². The van der Waals surface area contributed by atoms with Crippen molar-refractivity contribution in [3.63, 3.8) is 0 Å². The Morgan fingerprint density at radius 3 is 2.51 bits per heavy atom. The van der Waals surface area contributed by atoms with E-state index in [2.05, 4.69) is 58.2 Å². The maximum atomic E-state index is 13.0. The van der Waals surface area contributed by atoms with Gasteiger partial charge in [0.2, 0.25) is 0 Å². The van der Waals surface area contributed by atoms with Crippen molar-refractivity contribution in [1.29, 1.82) is 0 Å². The third-order valence-corrected chi connectivity index (χ3v) is 6.95. The van der Waals surface area contributed by atoms with Gasteiger partial charge in [0.15, 0.2) is 11.5 Å². The van der Waals surface area contributed by atoms with Crippen LogP contribution in [-0.4, -0.2) is 23.9 Å². The van der Waals surface area contributed by atoms with Crippen LogP contribution in [0.25, 0.3) is 16.8 Å². The van der Waals surface area contributed by atoms with E-state index in [0.29, 0.717) is 18.1 Å². The molecular formula is C30H25IN2O4. The van der Waals surface area contributed by atoms with E-state index in [9.17, 15) is 9.59 Å². The molecule has 1 aliphatic rings. The summed E-state index contributed by atoms with van der Waals surface area (Å²) in [5.74, 6) is 0.811. The monoisotopic (exact) mass is 604 g/mol. The second kappa shape index (κ2) is 10.6. The molecule has 1 aliphatic heterocycles. The molecule has 0 spiro atoms. The summed E-state index contributed by atoms with van der Waals surface area (Å²) in [6.45, 7) is 2.58. The quantitative estimate of drug-likeness (QED) is 0.150. The Balaban J connectivity index is 1.34. The van der Waals surface area contributed by atoms with E-state index in [0.717, 1.165) is 31.2 Å². The zero-order chi connectivity index (χ0) is 25.9. The van der Waals surface area contributed by atoms with Gasteiger partial charge in [0.1, 0.15) is 12.3 Å². The van der Waals surface area contributed by atoms with Crippen LogP contribution in [0.2, 0.25) is 0 Å². The zero-order valence-corrected chi connectivity index (χ0v) is 22.6. The molecule has 1 heterocycles. The van der Waals surface area contributed by atoms with Crippen LogP contribution in [-0.2, 0) is 17.9 Å². The van der Waals surface area contributed by atoms with E-state index >= 15 is 0 Å². The smallest absolute Gasteiger partial charge is 0.329 e. The number of ether oxygens (including phenoxy) is 2. The minimum absolute atomic E-state index is 0.214. The van der Waals surface area contributed by atoms with Crippen LogP contribution < -0.4 is 14.8 Å². The van der Waals surface area contributed by atoms with Crippen molar-refractivity contribution >= 4 is 51.4 Å². The lowest BCUT2D eigenvalue weighted by Gasteiger charge is -2.14. The highest BCUT2D eigenvalue weighted by atomic mass is 127. The van der Waals surface area contributed by atoms with Crippen molar-refractivity contribution < 1.29 is 19.1 Å². The first-order valence-corrected chi connectivity index (χ1v) is 12.9. The van der Waals surface area contributed by atoms with Gasteiger partial charge in [0.05, 0.1) is 17.2 Å². The van der Waals surface area contributed by atoms with Crippen molar-refractivity contribution in [2.75, 3.05) is 7.11 Å². The van der Waals surface area contributed by atoms with Gasteiger partial charge >= 0.3 is 6.03 Å². The second-order valence-corrected chi connectivity index (χ2v) is 10.0. The third kappa shape index (κ3) is 5.46. The predicted octanol–water partition coefficient (Wildman–Crippen LogP) is 6.43. The Morgan fingerprint density at radius 1 is 0.919 bits per heavy atom. The number of rotatable bonds is 7. The summed E-state index contributed by atoms with van der Waals surface area (Å²) in [5, 5.41) is 5.04. The van der Waals surface area contributed by atoms with E-state index < -0.39 is 6.03 Å². The normalized spacial score (nSPS) is 14.4. The Bertz CT molecular complexity index is 1550. The number of methoxy groups -OCH3 is 1. The maximum Gasteiger partial charge on any atom is 0.329 e. The molecule has 1 N–H and O–H groups in total. The number of imide groups is 1. The summed E-state index contributed by atoms with van der Waals surface area (Å²) in [6, 6.07) is 25.5. The number of carbonyl (C=O) groups excluding carboxylic acids is 2. The van der Waals surface area contributed by atoms with Crippen molar-refractivity contribution in [1.82, 2.24) is 10.2 Å². The molecule has 6 nitrogen and oxygen atoms in total. The van der Waals surface area contributed by atoms with Gasteiger partial charge in [-0.2, -0.15) is 0 Å². The zero-order valence-electron chi connectivity index (χ0n) is 20.5. The first-order chi connectivity index (χ1) is 17.9. The minimum Gasteiger partial charge on any atom is -0.493 e. The minimum atomic E-state index is -0.435. The predicted molar refractivity (Wildman–Crippen MR) is 152 cm³/mol. The highest BCUT2D eigenvalue weighted by Gasteiger charge is 2.33. The van der Waals surface area contributed by atoms with Crippen LogP contribution >= 0.6 is 22.6 Å². The van der Waals surface area contributed by atoms with Gasteiger partial charge in [-0.05, 0) is 81.3 Å². The molecule has 0 bridgehead atoms. The fraction of sp³-hybridized carbons (Fsp3) is 0.133. The molecule has 0 aromatic heterocycles. The largest absolute Gasteiger partial charge is 0.493 e. The first-order valence-electron chi connectivity index (χ1n) is 11.8. The highest BCUT2D eigenvalue weighted by Crippen LogP contribution is 2.35. The van der Waals surface area contributed by atoms with Crippen molar-refractivity contribution in [2.45, 2.75) is 20.1 Å². The molecule has 0 aliphatic carbocycles. The first kappa shape index (κ1) is 24.8. The second-order valence-electron chi connectivity index (χ2n) is 8.87. The Morgan fingerprint density at radius 2 is 1.73 bits per heavy atom. The molecule has 0 atom stereocenters. The molecule has 3 amide bonds. The number of amides is 3. The average Bonchev–Trinajstić information content (AvgIpc) is 3.15. The van der Waals surface area contributed by atoms with Crippen LogP contribution in [0, 0.1) is 10.5 Å². The standard InChI is InChI=1S/C30H25IN2O4/c1-19-6-5-7-20(12-19)17-33-29(34)26(32-30(33)35)15-22-14-25(31)28(27(16-22)36-2)37-18-21-10-11-23-8-3-4-9-24(23)13-21/h3-16H,17-18H2,1-2H3,(H,32,35)/b26-15+.